The number of fused-ring (bicyclic) bond motifs is 3. The summed E-state index contributed by atoms with van der Waals surface area (Å²) in [5.74, 6) is -0.886. The van der Waals surface area contributed by atoms with Crippen LogP contribution in [0.25, 0.3) is 11.0 Å². The molecule has 126 valence electrons. The Morgan fingerprint density at radius 1 is 1.32 bits per heavy atom. The van der Waals surface area contributed by atoms with Gasteiger partial charge in [-0.1, -0.05) is 23.7 Å². The van der Waals surface area contributed by atoms with Crippen LogP contribution in [-0.2, 0) is 4.79 Å². The first-order valence-corrected chi connectivity index (χ1v) is 7.94. The van der Waals surface area contributed by atoms with E-state index in [4.69, 9.17) is 11.6 Å². The van der Waals surface area contributed by atoms with E-state index in [9.17, 15) is 14.0 Å². The van der Waals surface area contributed by atoms with Crippen molar-refractivity contribution in [3.8, 4) is 0 Å². The Labute approximate surface area is 146 Å². The largest absolute Gasteiger partial charge is 0.343 e. The van der Waals surface area contributed by atoms with Crippen molar-refractivity contribution in [3.63, 3.8) is 0 Å². The molecule has 0 radical (unpaired) electrons. The highest BCUT2D eigenvalue weighted by atomic mass is 35.5. The van der Waals surface area contributed by atoms with Crippen molar-refractivity contribution in [2.75, 3.05) is 10.6 Å². The molecule has 2 heterocycles. The van der Waals surface area contributed by atoms with Gasteiger partial charge in [0.2, 0.25) is 17.8 Å². The van der Waals surface area contributed by atoms with Crippen molar-refractivity contribution < 1.29 is 14.0 Å². The van der Waals surface area contributed by atoms with Gasteiger partial charge in [-0.3, -0.25) is 9.59 Å². The van der Waals surface area contributed by atoms with Crippen LogP contribution in [0.3, 0.4) is 0 Å². The first-order valence-electron chi connectivity index (χ1n) is 7.56. The second-order valence-corrected chi connectivity index (χ2v) is 6.08. The van der Waals surface area contributed by atoms with Gasteiger partial charge >= 0.3 is 0 Å². The summed E-state index contributed by atoms with van der Waals surface area (Å²) in [4.78, 5) is 29.2. The Balaban J connectivity index is 1.59. The van der Waals surface area contributed by atoms with Crippen molar-refractivity contribution in [2.45, 2.75) is 12.5 Å². The van der Waals surface area contributed by atoms with Crippen molar-refractivity contribution in [3.05, 3.63) is 53.3 Å². The van der Waals surface area contributed by atoms with Crippen LogP contribution < -0.4 is 10.6 Å². The summed E-state index contributed by atoms with van der Waals surface area (Å²) in [5.41, 5.74) is 1.72. The summed E-state index contributed by atoms with van der Waals surface area (Å²) in [5, 5.41) is 5.51. The predicted octanol–water partition coefficient (Wildman–Crippen LogP) is 3.29. The molecule has 2 aromatic carbocycles. The monoisotopic (exact) mass is 358 g/mol. The fourth-order valence-electron chi connectivity index (χ4n) is 2.81. The van der Waals surface area contributed by atoms with Crippen LogP contribution in [0, 0.1) is 5.82 Å². The fourth-order valence-corrected chi connectivity index (χ4v) is 2.99. The molecular weight excluding hydrogens is 347 g/mol. The number of rotatable bonds is 2. The normalized spacial score (nSPS) is 16.4. The highest BCUT2D eigenvalue weighted by Crippen LogP contribution is 2.26. The molecule has 0 saturated carbocycles. The van der Waals surface area contributed by atoms with Gasteiger partial charge in [-0.2, -0.15) is 0 Å². The van der Waals surface area contributed by atoms with Crippen LogP contribution in [0.4, 0.5) is 16.0 Å². The number of hydrogen-bond acceptors (Lipinski definition) is 4. The van der Waals surface area contributed by atoms with Gasteiger partial charge in [-0.15, -0.1) is 0 Å². The molecule has 0 unspecified atom stereocenters. The van der Waals surface area contributed by atoms with Gasteiger partial charge in [-0.25, -0.2) is 13.9 Å². The molecule has 0 bridgehead atoms. The molecular formula is C17H12ClFN4O2. The average molecular weight is 359 g/mol. The lowest BCUT2D eigenvalue weighted by atomic mass is 10.1. The number of para-hydroxylation sites is 2. The molecule has 6 nitrogen and oxygen atoms in total. The van der Waals surface area contributed by atoms with E-state index in [1.807, 2.05) is 12.1 Å². The minimum Gasteiger partial charge on any atom is -0.343 e. The summed E-state index contributed by atoms with van der Waals surface area (Å²) in [6.45, 7) is 0. The Bertz CT molecular complexity index is 1020. The van der Waals surface area contributed by atoms with E-state index in [-0.39, 0.29) is 17.4 Å². The predicted molar refractivity (Wildman–Crippen MR) is 92.4 cm³/mol. The smallest absolute Gasteiger partial charge is 0.247 e. The van der Waals surface area contributed by atoms with Crippen molar-refractivity contribution >= 4 is 46.1 Å². The number of anilines is 2. The van der Waals surface area contributed by atoms with Crippen LogP contribution in [0.2, 0.25) is 5.02 Å². The Hall–Kier alpha value is -2.93. The second kappa shape index (κ2) is 5.86. The third kappa shape index (κ3) is 2.72. The zero-order valence-corrected chi connectivity index (χ0v) is 13.5. The number of benzene rings is 2. The number of halogens is 2. The van der Waals surface area contributed by atoms with Crippen molar-refractivity contribution in [2.24, 2.45) is 0 Å². The lowest BCUT2D eigenvalue weighted by Crippen LogP contribution is -2.42. The number of nitrogens with zero attached hydrogens (tertiary/aromatic N) is 2. The molecule has 1 atom stereocenters. The fraction of sp³-hybridized carbons (Fsp3) is 0.118. The second-order valence-electron chi connectivity index (χ2n) is 5.67. The molecule has 8 heteroatoms. The van der Waals surface area contributed by atoms with E-state index in [1.165, 1.54) is 16.7 Å². The topological polar surface area (TPSA) is 76.0 Å². The summed E-state index contributed by atoms with van der Waals surface area (Å²) < 4.78 is 14.7. The molecule has 1 aromatic heterocycles. The Morgan fingerprint density at radius 3 is 2.92 bits per heavy atom. The zero-order chi connectivity index (χ0) is 17.6. The summed E-state index contributed by atoms with van der Waals surface area (Å²) in [6, 6.07) is 10.3. The summed E-state index contributed by atoms with van der Waals surface area (Å²) in [6.07, 6.45) is -0.0197. The number of hydrogen-bond donors (Lipinski definition) is 2. The quantitative estimate of drug-likeness (QED) is 0.737. The number of carbonyl (C=O) groups is 2. The van der Waals surface area contributed by atoms with Crippen molar-refractivity contribution in [1.82, 2.24) is 9.55 Å². The maximum absolute atomic E-state index is 13.2. The Morgan fingerprint density at radius 2 is 2.12 bits per heavy atom. The molecule has 1 amide bonds. The molecule has 0 fully saturated rings. The third-order valence-electron chi connectivity index (χ3n) is 4.00. The maximum atomic E-state index is 13.2. The van der Waals surface area contributed by atoms with Crippen LogP contribution in [0.15, 0.2) is 42.5 Å². The number of nitrogens with one attached hydrogen (secondary N) is 2. The van der Waals surface area contributed by atoms with Crippen molar-refractivity contribution in [1.29, 1.82) is 0 Å². The van der Waals surface area contributed by atoms with E-state index < -0.39 is 17.8 Å². The van der Waals surface area contributed by atoms with Gasteiger partial charge in [0.25, 0.3) is 0 Å². The van der Waals surface area contributed by atoms with E-state index in [2.05, 4.69) is 15.6 Å². The van der Waals surface area contributed by atoms with Gasteiger partial charge in [0.05, 0.1) is 22.5 Å². The first-order chi connectivity index (χ1) is 12.0. The lowest BCUT2D eigenvalue weighted by Gasteiger charge is -2.23. The minimum atomic E-state index is -0.777. The lowest BCUT2D eigenvalue weighted by molar-refractivity contribution is -0.117. The van der Waals surface area contributed by atoms with Gasteiger partial charge in [0.1, 0.15) is 11.9 Å². The number of carbonyl (C=O) groups excluding carboxylic acids is 2. The molecule has 1 aliphatic heterocycles. The average Bonchev–Trinajstić information content (AvgIpc) is 2.97. The standard InChI is InChI=1S/C17H12ClFN4O2/c18-10-7-9(5-6-11(10)19)20-16(25)13-8-15(24)23-14-4-2-1-3-12(14)21-17(23)22-13/h1-7,13H,8H2,(H,20,25)(H,21,22)/t13-/m0/s1. The molecule has 0 saturated heterocycles. The van der Waals surface area contributed by atoms with Crippen LogP contribution >= 0.6 is 11.6 Å². The van der Waals surface area contributed by atoms with E-state index >= 15 is 0 Å². The molecule has 25 heavy (non-hydrogen) atoms. The zero-order valence-electron chi connectivity index (χ0n) is 12.8. The van der Waals surface area contributed by atoms with Gasteiger partial charge < -0.3 is 10.6 Å². The first kappa shape index (κ1) is 15.6. The van der Waals surface area contributed by atoms with Gasteiger partial charge in [-0.05, 0) is 30.3 Å². The van der Waals surface area contributed by atoms with Gasteiger partial charge in [0.15, 0.2) is 0 Å². The van der Waals surface area contributed by atoms with Gasteiger partial charge in [0, 0.05) is 5.69 Å². The number of imidazole rings is 1. The minimum absolute atomic E-state index is 0.0197. The third-order valence-corrected chi connectivity index (χ3v) is 4.29. The maximum Gasteiger partial charge on any atom is 0.247 e. The van der Waals surface area contributed by atoms with Crippen LogP contribution in [0.5, 0.6) is 0 Å². The number of amides is 1. The molecule has 0 aliphatic carbocycles. The van der Waals surface area contributed by atoms with E-state index in [0.717, 1.165) is 6.07 Å². The number of aromatic nitrogens is 2. The van der Waals surface area contributed by atoms with E-state index in [1.54, 1.807) is 12.1 Å². The molecule has 4 rings (SSSR count). The molecule has 2 N–H and O–H groups in total. The molecule has 3 aromatic rings. The van der Waals surface area contributed by atoms with Crippen LogP contribution in [-0.4, -0.2) is 27.4 Å². The van der Waals surface area contributed by atoms with Crippen LogP contribution in [0.1, 0.15) is 11.2 Å². The molecule has 0 spiro atoms. The molecule has 1 aliphatic rings. The highest BCUT2D eigenvalue weighted by molar-refractivity contribution is 6.31. The summed E-state index contributed by atoms with van der Waals surface area (Å²) in [7, 11) is 0. The SMILES string of the molecule is O=C(Nc1ccc(F)c(Cl)c1)[C@@H]1CC(=O)n2c(nc3ccccc32)N1. The van der Waals surface area contributed by atoms with E-state index in [0.29, 0.717) is 22.7 Å². The summed E-state index contributed by atoms with van der Waals surface area (Å²) >= 11 is 5.71. The highest BCUT2D eigenvalue weighted by Gasteiger charge is 2.31. The Kier molecular flexibility index (Phi) is 3.65.